The van der Waals surface area contributed by atoms with E-state index >= 15 is 0 Å². The summed E-state index contributed by atoms with van der Waals surface area (Å²) < 4.78 is 26.8. The summed E-state index contributed by atoms with van der Waals surface area (Å²) in [4.78, 5) is 14.2. The third kappa shape index (κ3) is 4.23. The first-order valence-corrected chi connectivity index (χ1v) is 9.98. The number of aryl methyl sites for hydroxylation is 1. The average Bonchev–Trinajstić information content (AvgIpc) is 3.15. The number of aromatic nitrogens is 2. The lowest BCUT2D eigenvalue weighted by Gasteiger charge is -2.34. The van der Waals surface area contributed by atoms with Crippen molar-refractivity contribution in [2.75, 3.05) is 32.7 Å². The Bertz CT molecular complexity index is 826. The predicted octanol–water partition coefficient (Wildman–Crippen LogP) is 0.977. The molecule has 0 aliphatic carbocycles. The van der Waals surface area contributed by atoms with E-state index in [-0.39, 0.29) is 6.03 Å². The van der Waals surface area contributed by atoms with E-state index in [0.717, 1.165) is 11.1 Å². The lowest BCUT2D eigenvalue weighted by atomic mass is 10.2. The average molecular weight is 377 g/mol. The van der Waals surface area contributed by atoms with Gasteiger partial charge in [-0.1, -0.05) is 17.7 Å². The van der Waals surface area contributed by atoms with E-state index in [0.29, 0.717) is 44.0 Å². The van der Waals surface area contributed by atoms with Crippen LogP contribution >= 0.6 is 0 Å². The molecule has 0 spiro atoms. The molecule has 1 aliphatic rings. The Morgan fingerprint density at radius 1 is 1.19 bits per heavy atom. The molecule has 8 nitrogen and oxygen atoms in total. The molecule has 1 aromatic carbocycles. The van der Waals surface area contributed by atoms with Crippen molar-refractivity contribution in [2.45, 2.75) is 18.2 Å². The second-order valence-electron chi connectivity index (χ2n) is 6.29. The Labute approximate surface area is 153 Å². The van der Waals surface area contributed by atoms with Crippen LogP contribution in [-0.4, -0.2) is 66.6 Å². The second-order valence-corrected chi connectivity index (χ2v) is 8.23. The van der Waals surface area contributed by atoms with E-state index < -0.39 is 10.0 Å². The number of urea groups is 1. The van der Waals surface area contributed by atoms with E-state index in [2.05, 4.69) is 15.5 Å². The number of carbonyl (C=O) groups excluding carboxylic acids is 1. The normalized spacial score (nSPS) is 15.8. The van der Waals surface area contributed by atoms with E-state index in [1.165, 1.54) is 4.31 Å². The number of aromatic amines is 1. The van der Waals surface area contributed by atoms with Crippen molar-refractivity contribution in [3.63, 3.8) is 0 Å². The number of sulfonamides is 1. The van der Waals surface area contributed by atoms with Gasteiger partial charge in [0.15, 0.2) is 0 Å². The molecular formula is C17H23N5O3S. The van der Waals surface area contributed by atoms with Gasteiger partial charge in [0.25, 0.3) is 0 Å². The fraction of sp³-hybridized carbons (Fsp3) is 0.412. The van der Waals surface area contributed by atoms with Crippen molar-refractivity contribution < 1.29 is 13.2 Å². The first-order chi connectivity index (χ1) is 12.5. The molecule has 1 saturated heterocycles. The molecule has 0 atom stereocenters. The molecule has 140 valence electrons. The second kappa shape index (κ2) is 7.88. The third-order valence-electron chi connectivity index (χ3n) is 4.43. The Balaban J connectivity index is 1.50. The number of rotatable bonds is 5. The van der Waals surface area contributed by atoms with E-state index in [1.54, 1.807) is 41.6 Å². The van der Waals surface area contributed by atoms with Crippen molar-refractivity contribution in [3.8, 4) is 0 Å². The van der Waals surface area contributed by atoms with Crippen molar-refractivity contribution >= 4 is 16.1 Å². The summed E-state index contributed by atoms with van der Waals surface area (Å²) in [7, 11) is -3.51. The maximum absolute atomic E-state index is 12.7. The molecule has 9 heteroatoms. The van der Waals surface area contributed by atoms with Crippen LogP contribution in [0, 0.1) is 6.92 Å². The van der Waals surface area contributed by atoms with Crippen LogP contribution in [0.15, 0.2) is 41.6 Å². The van der Waals surface area contributed by atoms with Crippen molar-refractivity contribution in [3.05, 3.63) is 47.8 Å². The zero-order valence-corrected chi connectivity index (χ0v) is 15.5. The number of nitrogens with one attached hydrogen (secondary N) is 2. The lowest BCUT2D eigenvalue weighted by molar-refractivity contribution is 0.172. The Hall–Kier alpha value is -2.39. The maximum atomic E-state index is 12.7. The van der Waals surface area contributed by atoms with Crippen molar-refractivity contribution in [1.29, 1.82) is 0 Å². The zero-order chi connectivity index (χ0) is 18.6. The number of nitrogens with zero attached hydrogens (tertiary/aromatic N) is 3. The highest BCUT2D eigenvalue weighted by molar-refractivity contribution is 7.89. The summed E-state index contributed by atoms with van der Waals surface area (Å²) in [5.74, 6) is 0. The number of H-pyrrole nitrogens is 1. The summed E-state index contributed by atoms with van der Waals surface area (Å²) >= 11 is 0. The van der Waals surface area contributed by atoms with Crippen molar-refractivity contribution in [1.82, 2.24) is 24.7 Å². The van der Waals surface area contributed by atoms with Gasteiger partial charge in [-0.05, 0) is 31.0 Å². The number of carbonyl (C=O) groups is 1. The standard InChI is InChI=1S/C17H23N5O3S/c1-14-2-4-16(5-3-14)26(24,25)22-10-8-21(9-11-22)17(23)18-7-6-15-12-19-20-13-15/h2-5,12-13H,6-11H2,1H3,(H,18,23)(H,19,20). The Morgan fingerprint density at radius 3 is 2.50 bits per heavy atom. The summed E-state index contributed by atoms with van der Waals surface area (Å²) in [6.45, 7) is 3.78. The molecule has 1 fully saturated rings. The third-order valence-corrected chi connectivity index (χ3v) is 6.34. The SMILES string of the molecule is Cc1ccc(S(=O)(=O)N2CCN(C(=O)NCCc3cn[nH]c3)CC2)cc1. The van der Waals surface area contributed by atoms with Gasteiger partial charge in [0.05, 0.1) is 11.1 Å². The minimum atomic E-state index is -3.51. The van der Waals surface area contributed by atoms with Crippen LogP contribution in [0.4, 0.5) is 4.79 Å². The zero-order valence-electron chi connectivity index (χ0n) is 14.7. The van der Waals surface area contributed by atoms with Gasteiger partial charge in [-0.2, -0.15) is 9.40 Å². The van der Waals surface area contributed by atoms with Gasteiger partial charge in [-0.3, -0.25) is 5.10 Å². The van der Waals surface area contributed by atoms with Gasteiger partial charge in [0.1, 0.15) is 0 Å². The van der Waals surface area contributed by atoms with E-state index in [1.807, 2.05) is 6.92 Å². The highest BCUT2D eigenvalue weighted by Crippen LogP contribution is 2.18. The molecule has 2 N–H and O–H groups in total. The van der Waals surface area contributed by atoms with Gasteiger partial charge in [0, 0.05) is 38.9 Å². The molecule has 0 unspecified atom stereocenters. The van der Waals surface area contributed by atoms with Crippen LogP contribution in [0.5, 0.6) is 0 Å². The molecule has 0 bridgehead atoms. The fourth-order valence-electron chi connectivity index (χ4n) is 2.83. The number of hydrogen-bond donors (Lipinski definition) is 2. The lowest BCUT2D eigenvalue weighted by Crippen LogP contribution is -2.53. The molecule has 2 heterocycles. The monoisotopic (exact) mass is 377 g/mol. The largest absolute Gasteiger partial charge is 0.338 e. The molecule has 2 aromatic rings. The first kappa shape index (κ1) is 18.4. The van der Waals surface area contributed by atoms with E-state index in [9.17, 15) is 13.2 Å². The predicted molar refractivity (Wildman–Crippen MR) is 97.2 cm³/mol. The molecule has 1 aromatic heterocycles. The minimum absolute atomic E-state index is 0.166. The van der Waals surface area contributed by atoms with Crippen LogP contribution in [0.25, 0.3) is 0 Å². The van der Waals surface area contributed by atoms with Crippen LogP contribution < -0.4 is 5.32 Å². The van der Waals surface area contributed by atoms with Gasteiger partial charge in [-0.15, -0.1) is 0 Å². The number of hydrogen-bond acceptors (Lipinski definition) is 4. The van der Waals surface area contributed by atoms with Crippen LogP contribution in [0.1, 0.15) is 11.1 Å². The molecule has 1 aliphatic heterocycles. The van der Waals surface area contributed by atoms with Gasteiger partial charge >= 0.3 is 6.03 Å². The molecule has 0 radical (unpaired) electrons. The van der Waals surface area contributed by atoms with Crippen LogP contribution in [0.3, 0.4) is 0 Å². The minimum Gasteiger partial charge on any atom is -0.338 e. The highest BCUT2D eigenvalue weighted by Gasteiger charge is 2.29. The van der Waals surface area contributed by atoms with Crippen LogP contribution in [0.2, 0.25) is 0 Å². The first-order valence-electron chi connectivity index (χ1n) is 8.54. The Kier molecular flexibility index (Phi) is 5.58. The molecule has 3 rings (SSSR count). The molecule has 2 amide bonds. The molecular weight excluding hydrogens is 354 g/mol. The summed E-state index contributed by atoms with van der Waals surface area (Å²) in [5, 5.41) is 9.45. The number of piperazine rings is 1. The van der Waals surface area contributed by atoms with Crippen molar-refractivity contribution in [2.24, 2.45) is 0 Å². The number of amides is 2. The quantitative estimate of drug-likeness (QED) is 0.811. The smallest absolute Gasteiger partial charge is 0.317 e. The van der Waals surface area contributed by atoms with Gasteiger partial charge in [-0.25, -0.2) is 13.2 Å². The number of benzene rings is 1. The topological polar surface area (TPSA) is 98.4 Å². The molecule has 26 heavy (non-hydrogen) atoms. The maximum Gasteiger partial charge on any atom is 0.317 e. The summed E-state index contributed by atoms with van der Waals surface area (Å²) in [6.07, 6.45) is 4.21. The summed E-state index contributed by atoms with van der Waals surface area (Å²) in [6, 6.07) is 6.66. The Morgan fingerprint density at radius 2 is 1.88 bits per heavy atom. The summed E-state index contributed by atoms with van der Waals surface area (Å²) in [5.41, 5.74) is 2.04. The van der Waals surface area contributed by atoms with Crippen LogP contribution in [-0.2, 0) is 16.4 Å². The van der Waals surface area contributed by atoms with E-state index in [4.69, 9.17) is 0 Å². The fourth-order valence-corrected chi connectivity index (χ4v) is 4.25. The van der Waals surface area contributed by atoms with Gasteiger partial charge < -0.3 is 10.2 Å². The highest BCUT2D eigenvalue weighted by atomic mass is 32.2. The molecule has 0 saturated carbocycles. The van der Waals surface area contributed by atoms with Gasteiger partial charge in [0.2, 0.25) is 10.0 Å².